The number of rotatable bonds is 7. The standard InChI is InChI=1S/C20H21BrN4O4/c1-24(2)12-25-15-9-8-13(21)10-14(15)19(20(25)27)23-22-18(26)11-29-17-7-5-4-6-16(17)28-3/h4-10,27H,11-12H2,1-3H3. The van der Waals surface area contributed by atoms with Crippen LogP contribution in [-0.4, -0.2) is 48.3 Å². The Morgan fingerprint density at radius 3 is 2.62 bits per heavy atom. The molecule has 0 spiro atoms. The molecule has 0 saturated carbocycles. The Morgan fingerprint density at radius 2 is 1.93 bits per heavy atom. The number of ether oxygens (including phenoxy) is 2. The quantitative estimate of drug-likeness (QED) is 0.530. The maximum absolute atomic E-state index is 12.2. The van der Waals surface area contributed by atoms with Gasteiger partial charge in [-0.25, -0.2) is 0 Å². The molecule has 3 aromatic rings. The predicted octanol–water partition coefficient (Wildman–Crippen LogP) is 4.33. The van der Waals surface area contributed by atoms with Gasteiger partial charge in [0, 0.05) is 9.86 Å². The summed E-state index contributed by atoms with van der Waals surface area (Å²) >= 11 is 3.42. The van der Waals surface area contributed by atoms with Crippen LogP contribution < -0.4 is 9.47 Å². The van der Waals surface area contributed by atoms with Gasteiger partial charge in [0.05, 0.1) is 19.3 Å². The number of azo groups is 1. The highest BCUT2D eigenvalue weighted by Gasteiger charge is 2.18. The summed E-state index contributed by atoms with van der Waals surface area (Å²) in [6.07, 6.45) is 0. The van der Waals surface area contributed by atoms with Crippen LogP contribution in [0.1, 0.15) is 0 Å². The van der Waals surface area contributed by atoms with Gasteiger partial charge in [-0.2, -0.15) is 0 Å². The van der Waals surface area contributed by atoms with E-state index in [1.54, 1.807) is 28.8 Å². The number of methoxy groups -OCH3 is 1. The monoisotopic (exact) mass is 460 g/mol. The second-order valence-corrected chi connectivity index (χ2v) is 7.43. The molecule has 2 aromatic carbocycles. The van der Waals surface area contributed by atoms with E-state index in [1.807, 2.05) is 37.2 Å². The highest BCUT2D eigenvalue weighted by molar-refractivity contribution is 9.10. The van der Waals surface area contributed by atoms with E-state index in [2.05, 4.69) is 26.2 Å². The lowest BCUT2D eigenvalue weighted by Gasteiger charge is -2.13. The molecule has 0 atom stereocenters. The van der Waals surface area contributed by atoms with Gasteiger partial charge in [-0.05, 0) is 44.4 Å². The molecule has 0 radical (unpaired) electrons. The first-order valence-electron chi connectivity index (χ1n) is 8.76. The van der Waals surface area contributed by atoms with Crippen molar-refractivity contribution in [3.63, 3.8) is 0 Å². The lowest BCUT2D eigenvalue weighted by Crippen LogP contribution is -2.16. The third kappa shape index (κ3) is 4.75. The maximum atomic E-state index is 12.2. The molecule has 0 saturated heterocycles. The number of amides is 1. The van der Waals surface area contributed by atoms with Crippen LogP contribution in [0, 0.1) is 0 Å². The van der Waals surface area contributed by atoms with Crippen LogP contribution in [0.3, 0.4) is 0 Å². The summed E-state index contributed by atoms with van der Waals surface area (Å²) < 4.78 is 13.2. The van der Waals surface area contributed by atoms with E-state index in [4.69, 9.17) is 9.47 Å². The fourth-order valence-electron chi connectivity index (χ4n) is 2.83. The van der Waals surface area contributed by atoms with Crippen molar-refractivity contribution in [2.75, 3.05) is 27.8 Å². The smallest absolute Gasteiger partial charge is 0.302 e. The number of hydrogen-bond donors (Lipinski definition) is 1. The van der Waals surface area contributed by atoms with Crippen LogP contribution in [0.2, 0.25) is 0 Å². The zero-order valence-electron chi connectivity index (χ0n) is 16.3. The van der Waals surface area contributed by atoms with E-state index in [0.29, 0.717) is 23.6 Å². The van der Waals surface area contributed by atoms with Crippen molar-refractivity contribution in [3.8, 4) is 17.4 Å². The number of carbonyl (C=O) groups is 1. The van der Waals surface area contributed by atoms with Gasteiger partial charge >= 0.3 is 5.91 Å². The van der Waals surface area contributed by atoms with Gasteiger partial charge in [-0.15, -0.1) is 10.2 Å². The van der Waals surface area contributed by atoms with E-state index in [-0.39, 0.29) is 18.2 Å². The maximum Gasteiger partial charge on any atom is 0.302 e. The first-order valence-corrected chi connectivity index (χ1v) is 9.56. The summed E-state index contributed by atoms with van der Waals surface area (Å²) in [6.45, 7) is 0.148. The van der Waals surface area contributed by atoms with Gasteiger partial charge in [-0.3, -0.25) is 14.3 Å². The Balaban J connectivity index is 1.83. The van der Waals surface area contributed by atoms with Crippen molar-refractivity contribution in [1.29, 1.82) is 0 Å². The van der Waals surface area contributed by atoms with Crippen LogP contribution in [0.5, 0.6) is 17.4 Å². The minimum absolute atomic E-state index is 0.0611. The van der Waals surface area contributed by atoms with Crippen molar-refractivity contribution < 1.29 is 19.4 Å². The molecule has 0 unspecified atom stereocenters. The summed E-state index contributed by atoms with van der Waals surface area (Å²) in [5.41, 5.74) is 1.01. The highest BCUT2D eigenvalue weighted by atomic mass is 79.9. The van der Waals surface area contributed by atoms with E-state index in [9.17, 15) is 9.90 Å². The van der Waals surface area contributed by atoms with Crippen molar-refractivity contribution in [2.45, 2.75) is 6.67 Å². The average Bonchev–Trinajstić information content (AvgIpc) is 2.95. The second kappa shape index (κ2) is 9.06. The summed E-state index contributed by atoms with van der Waals surface area (Å²) in [6, 6.07) is 12.6. The number of para-hydroxylation sites is 2. The van der Waals surface area contributed by atoms with Crippen LogP contribution in [0.4, 0.5) is 5.69 Å². The zero-order valence-corrected chi connectivity index (χ0v) is 17.9. The normalized spacial score (nSPS) is 11.5. The summed E-state index contributed by atoms with van der Waals surface area (Å²) in [4.78, 5) is 14.1. The number of hydrogen-bond acceptors (Lipinski definition) is 6. The number of aromatic nitrogens is 1. The lowest BCUT2D eigenvalue weighted by molar-refractivity contribution is -0.120. The Labute approximate surface area is 176 Å². The molecule has 0 aliphatic heterocycles. The third-order valence-electron chi connectivity index (χ3n) is 4.08. The minimum Gasteiger partial charge on any atom is -0.493 e. The Bertz CT molecular complexity index is 1060. The molecule has 1 aromatic heterocycles. The van der Waals surface area contributed by atoms with Gasteiger partial charge < -0.3 is 14.6 Å². The van der Waals surface area contributed by atoms with Crippen molar-refractivity contribution in [3.05, 3.63) is 46.9 Å². The third-order valence-corrected chi connectivity index (χ3v) is 4.57. The Hall–Kier alpha value is -2.91. The molecule has 0 fully saturated rings. The van der Waals surface area contributed by atoms with Gasteiger partial charge in [0.2, 0.25) is 5.88 Å². The largest absolute Gasteiger partial charge is 0.493 e. The van der Waals surface area contributed by atoms with E-state index in [1.165, 1.54) is 7.11 Å². The second-order valence-electron chi connectivity index (χ2n) is 6.52. The van der Waals surface area contributed by atoms with Gasteiger partial charge in [0.15, 0.2) is 23.8 Å². The van der Waals surface area contributed by atoms with Crippen molar-refractivity contribution in [2.24, 2.45) is 10.2 Å². The molecule has 0 aliphatic carbocycles. The number of halogens is 1. The molecule has 0 aliphatic rings. The molecule has 152 valence electrons. The number of aromatic hydroxyl groups is 1. The Morgan fingerprint density at radius 1 is 1.21 bits per heavy atom. The van der Waals surface area contributed by atoms with Crippen molar-refractivity contribution >= 4 is 38.4 Å². The van der Waals surface area contributed by atoms with E-state index < -0.39 is 5.91 Å². The lowest BCUT2D eigenvalue weighted by atomic mass is 10.2. The first-order chi connectivity index (χ1) is 13.9. The molecular weight excluding hydrogens is 440 g/mol. The molecule has 9 heteroatoms. The van der Waals surface area contributed by atoms with E-state index >= 15 is 0 Å². The zero-order chi connectivity index (χ0) is 21.0. The highest BCUT2D eigenvalue weighted by Crippen LogP contribution is 2.40. The SMILES string of the molecule is COc1ccccc1OCC(=O)N=Nc1c(O)n(CN(C)C)c2ccc(Br)cc12. The van der Waals surface area contributed by atoms with Crippen molar-refractivity contribution in [1.82, 2.24) is 9.47 Å². The van der Waals surface area contributed by atoms with Crippen LogP contribution >= 0.6 is 15.9 Å². The molecule has 1 heterocycles. The van der Waals surface area contributed by atoms with E-state index in [0.717, 1.165) is 9.99 Å². The molecule has 0 bridgehead atoms. The molecular formula is C20H21BrN4O4. The Kier molecular flexibility index (Phi) is 6.50. The van der Waals surface area contributed by atoms with Crippen LogP contribution in [0.15, 0.2) is 57.2 Å². The van der Waals surface area contributed by atoms with Gasteiger partial charge in [0.1, 0.15) is 0 Å². The first kappa shape index (κ1) is 20.8. The molecule has 1 N–H and O–H groups in total. The van der Waals surface area contributed by atoms with Gasteiger partial charge in [-0.1, -0.05) is 28.1 Å². The van der Waals surface area contributed by atoms with Gasteiger partial charge in [0.25, 0.3) is 0 Å². The van der Waals surface area contributed by atoms with Crippen LogP contribution in [-0.2, 0) is 11.5 Å². The molecule has 8 nitrogen and oxygen atoms in total. The molecule has 29 heavy (non-hydrogen) atoms. The summed E-state index contributed by atoms with van der Waals surface area (Å²) in [5, 5.41) is 19.1. The minimum atomic E-state index is -0.584. The fourth-order valence-corrected chi connectivity index (χ4v) is 3.19. The molecule has 1 amide bonds. The summed E-state index contributed by atoms with van der Waals surface area (Å²) in [7, 11) is 5.31. The summed E-state index contributed by atoms with van der Waals surface area (Å²) in [5.74, 6) is 0.312. The number of nitrogens with zero attached hydrogens (tertiary/aromatic N) is 4. The molecule has 3 rings (SSSR count). The number of benzene rings is 2. The predicted molar refractivity (Wildman–Crippen MR) is 113 cm³/mol. The number of fused-ring (bicyclic) bond motifs is 1. The topological polar surface area (TPSA) is 88.6 Å². The fraction of sp³-hybridized carbons (Fsp3) is 0.250. The number of carbonyl (C=O) groups excluding carboxylic acids is 1. The average molecular weight is 461 g/mol. The van der Waals surface area contributed by atoms with Crippen LogP contribution in [0.25, 0.3) is 10.9 Å².